The Balaban J connectivity index is 2.19. The van der Waals surface area contributed by atoms with Crippen LogP contribution in [0.15, 0.2) is 0 Å². The van der Waals surface area contributed by atoms with Gasteiger partial charge in [0.25, 0.3) is 0 Å². The van der Waals surface area contributed by atoms with Gasteiger partial charge in [0.05, 0.1) is 13.2 Å². The number of esters is 1. The SMILES string of the molecule is CCOC(=O)c1n[nH]c2c1CC[C@@](C)(COC)C2. The summed E-state index contributed by atoms with van der Waals surface area (Å²) in [6, 6.07) is 0. The topological polar surface area (TPSA) is 64.2 Å². The second-order valence-electron chi connectivity index (χ2n) is 5.17. The highest BCUT2D eigenvalue weighted by molar-refractivity contribution is 5.89. The number of methoxy groups -OCH3 is 1. The highest BCUT2D eigenvalue weighted by atomic mass is 16.5. The van der Waals surface area contributed by atoms with Gasteiger partial charge < -0.3 is 9.47 Å². The monoisotopic (exact) mass is 252 g/mol. The van der Waals surface area contributed by atoms with Gasteiger partial charge in [-0.1, -0.05) is 6.92 Å². The molecule has 5 heteroatoms. The molecule has 1 N–H and O–H groups in total. The molecular formula is C13H20N2O3. The summed E-state index contributed by atoms with van der Waals surface area (Å²) in [6.45, 7) is 5.10. The number of H-pyrrole nitrogens is 1. The first kappa shape index (κ1) is 13.1. The van der Waals surface area contributed by atoms with Gasteiger partial charge >= 0.3 is 5.97 Å². The molecule has 1 aromatic heterocycles. The van der Waals surface area contributed by atoms with Crippen LogP contribution in [0, 0.1) is 5.41 Å². The lowest BCUT2D eigenvalue weighted by atomic mass is 9.75. The quantitative estimate of drug-likeness (QED) is 0.829. The molecule has 5 nitrogen and oxygen atoms in total. The molecule has 0 saturated heterocycles. The smallest absolute Gasteiger partial charge is 0.359 e. The van der Waals surface area contributed by atoms with Crippen molar-refractivity contribution in [2.75, 3.05) is 20.3 Å². The molecule has 1 aromatic rings. The van der Waals surface area contributed by atoms with Crippen molar-refractivity contribution in [3.8, 4) is 0 Å². The van der Waals surface area contributed by atoms with Crippen molar-refractivity contribution in [3.05, 3.63) is 17.0 Å². The Hall–Kier alpha value is -1.36. The molecule has 0 saturated carbocycles. The lowest BCUT2D eigenvalue weighted by Crippen LogP contribution is -2.30. The van der Waals surface area contributed by atoms with Gasteiger partial charge in [-0.25, -0.2) is 4.79 Å². The van der Waals surface area contributed by atoms with Gasteiger partial charge in [0, 0.05) is 18.4 Å². The third kappa shape index (κ3) is 2.41. The minimum atomic E-state index is -0.328. The fourth-order valence-electron chi connectivity index (χ4n) is 2.60. The molecule has 1 aliphatic carbocycles. The van der Waals surface area contributed by atoms with E-state index in [1.54, 1.807) is 14.0 Å². The number of nitrogens with zero attached hydrogens (tertiary/aromatic N) is 1. The molecule has 2 rings (SSSR count). The van der Waals surface area contributed by atoms with E-state index in [2.05, 4.69) is 17.1 Å². The molecule has 100 valence electrons. The van der Waals surface area contributed by atoms with Crippen LogP contribution in [-0.2, 0) is 22.3 Å². The molecule has 18 heavy (non-hydrogen) atoms. The van der Waals surface area contributed by atoms with E-state index >= 15 is 0 Å². The zero-order valence-corrected chi connectivity index (χ0v) is 11.2. The molecule has 0 bridgehead atoms. The van der Waals surface area contributed by atoms with E-state index in [0.29, 0.717) is 12.3 Å². The third-order valence-corrected chi connectivity index (χ3v) is 3.50. The molecule has 0 radical (unpaired) electrons. The first-order valence-electron chi connectivity index (χ1n) is 6.32. The van der Waals surface area contributed by atoms with Crippen molar-refractivity contribution >= 4 is 5.97 Å². The molecule has 0 unspecified atom stereocenters. The summed E-state index contributed by atoms with van der Waals surface area (Å²) in [5.41, 5.74) is 2.64. The van der Waals surface area contributed by atoms with Gasteiger partial charge in [-0.15, -0.1) is 0 Å². The van der Waals surface area contributed by atoms with Crippen molar-refractivity contribution in [3.63, 3.8) is 0 Å². The second kappa shape index (κ2) is 5.10. The van der Waals surface area contributed by atoms with E-state index < -0.39 is 0 Å². The molecule has 0 aromatic carbocycles. The van der Waals surface area contributed by atoms with Crippen LogP contribution in [-0.4, -0.2) is 36.5 Å². The molecule has 0 fully saturated rings. The summed E-state index contributed by atoms with van der Waals surface area (Å²) >= 11 is 0. The number of fused-ring (bicyclic) bond motifs is 1. The van der Waals surface area contributed by atoms with Gasteiger partial charge in [0.1, 0.15) is 0 Å². The van der Waals surface area contributed by atoms with Crippen LogP contribution in [0.25, 0.3) is 0 Å². The van der Waals surface area contributed by atoms with Gasteiger partial charge in [-0.05, 0) is 31.6 Å². The maximum absolute atomic E-state index is 11.7. The lowest BCUT2D eigenvalue weighted by molar-refractivity contribution is 0.0516. The molecule has 0 amide bonds. The van der Waals surface area contributed by atoms with E-state index in [4.69, 9.17) is 9.47 Å². The number of ether oxygens (including phenoxy) is 2. The number of carbonyl (C=O) groups excluding carboxylic acids is 1. The summed E-state index contributed by atoms with van der Waals surface area (Å²) in [6.07, 6.45) is 2.71. The van der Waals surface area contributed by atoms with Crippen molar-refractivity contribution in [1.82, 2.24) is 10.2 Å². The summed E-state index contributed by atoms with van der Waals surface area (Å²) in [5.74, 6) is -0.328. The van der Waals surface area contributed by atoms with Crippen molar-refractivity contribution in [2.24, 2.45) is 5.41 Å². The van der Waals surface area contributed by atoms with Crippen molar-refractivity contribution in [2.45, 2.75) is 33.1 Å². The average Bonchev–Trinajstić information content (AvgIpc) is 2.71. The number of aromatic nitrogens is 2. The molecule has 1 heterocycles. The number of hydrogen-bond acceptors (Lipinski definition) is 4. The van der Waals surface area contributed by atoms with Gasteiger partial charge in [-0.3, -0.25) is 5.10 Å². The largest absolute Gasteiger partial charge is 0.461 e. The first-order valence-corrected chi connectivity index (χ1v) is 6.32. The van der Waals surface area contributed by atoms with Crippen molar-refractivity contribution < 1.29 is 14.3 Å². The molecule has 1 atom stereocenters. The van der Waals surface area contributed by atoms with Crippen LogP contribution in [0.1, 0.15) is 42.0 Å². The molecule has 0 spiro atoms. The van der Waals surface area contributed by atoms with Gasteiger partial charge in [-0.2, -0.15) is 5.10 Å². The van der Waals surface area contributed by atoms with Gasteiger partial charge in [0.2, 0.25) is 0 Å². The van der Waals surface area contributed by atoms with E-state index in [1.165, 1.54) is 0 Å². The highest BCUT2D eigenvalue weighted by Crippen LogP contribution is 2.35. The normalized spacial score (nSPS) is 22.6. The maximum Gasteiger partial charge on any atom is 0.359 e. The number of carbonyl (C=O) groups is 1. The average molecular weight is 252 g/mol. The van der Waals surface area contributed by atoms with Crippen LogP contribution in [0.4, 0.5) is 0 Å². The summed E-state index contributed by atoms with van der Waals surface area (Å²) in [7, 11) is 1.72. The Bertz CT molecular complexity index is 441. The Morgan fingerprint density at radius 2 is 2.33 bits per heavy atom. The highest BCUT2D eigenvalue weighted by Gasteiger charge is 2.34. The zero-order valence-electron chi connectivity index (χ0n) is 11.2. The minimum Gasteiger partial charge on any atom is -0.461 e. The first-order chi connectivity index (χ1) is 8.59. The van der Waals surface area contributed by atoms with E-state index in [0.717, 1.165) is 37.1 Å². The lowest BCUT2D eigenvalue weighted by Gasteiger charge is -2.32. The van der Waals surface area contributed by atoms with Crippen LogP contribution < -0.4 is 0 Å². The Morgan fingerprint density at radius 1 is 1.56 bits per heavy atom. The number of rotatable bonds is 4. The van der Waals surface area contributed by atoms with E-state index in [1.807, 2.05) is 0 Å². The van der Waals surface area contributed by atoms with Crippen LogP contribution in [0.2, 0.25) is 0 Å². The van der Waals surface area contributed by atoms with Crippen molar-refractivity contribution in [1.29, 1.82) is 0 Å². The fourth-order valence-corrected chi connectivity index (χ4v) is 2.60. The van der Waals surface area contributed by atoms with E-state index in [9.17, 15) is 4.79 Å². The predicted octanol–water partition coefficient (Wildman–Crippen LogP) is 1.73. The number of hydrogen-bond donors (Lipinski definition) is 1. The second-order valence-corrected chi connectivity index (χ2v) is 5.17. The maximum atomic E-state index is 11.7. The van der Waals surface area contributed by atoms with Crippen LogP contribution in [0.3, 0.4) is 0 Å². The molecular weight excluding hydrogens is 232 g/mol. The molecule has 1 aliphatic rings. The standard InChI is InChI=1S/C13H20N2O3/c1-4-18-12(16)11-9-5-6-13(2,8-17-3)7-10(9)14-15-11/h4-8H2,1-3H3,(H,14,15)/t13-/m1/s1. The molecule has 0 aliphatic heterocycles. The summed E-state index contributed by atoms with van der Waals surface area (Å²) < 4.78 is 10.3. The predicted molar refractivity (Wildman–Crippen MR) is 66.6 cm³/mol. The zero-order chi connectivity index (χ0) is 13.2. The van der Waals surface area contributed by atoms with E-state index in [-0.39, 0.29) is 11.4 Å². The fraction of sp³-hybridized carbons (Fsp3) is 0.692. The minimum absolute atomic E-state index is 0.125. The number of nitrogens with one attached hydrogen (secondary N) is 1. The Kier molecular flexibility index (Phi) is 3.71. The Labute approximate surface area is 107 Å². The third-order valence-electron chi connectivity index (χ3n) is 3.50. The summed E-state index contributed by atoms with van der Waals surface area (Å²) in [5, 5.41) is 7.07. The number of aromatic amines is 1. The van der Waals surface area contributed by atoms with Crippen LogP contribution >= 0.6 is 0 Å². The Morgan fingerprint density at radius 3 is 3.00 bits per heavy atom. The van der Waals surface area contributed by atoms with Crippen LogP contribution in [0.5, 0.6) is 0 Å². The summed E-state index contributed by atoms with van der Waals surface area (Å²) in [4.78, 5) is 11.7. The van der Waals surface area contributed by atoms with Gasteiger partial charge in [0.15, 0.2) is 5.69 Å².